The second-order valence-electron chi connectivity index (χ2n) is 7.06. The number of hydrogen-bond donors (Lipinski definition) is 2. The zero-order chi connectivity index (χ0) is 14.7. The summed E-state index contributed by atoms with van der Waals surface area (Å²) in [6, 6.07) is 0.139. The molecule has 1 fully saturated rings. The van der Waals surface area contributed by atoms with Crippen molar-refractivity contribution in [3.8, 4) is 0 Å². The predicted molar refractivity (Wildman–Crippen MR) is 71.8 cm³/mol. The molecule has 5 heteroatoms. The molecule has 0 aromatic rings. The van der Waals surface area contributed by atoms with E-state index in [0.29, 0.717) is 0 Å². The first-order valence-electron chi connectivity index (χ1n) is 6.69. The van der Waals surface area contributed by atoms with Crippen molar-refractivity contribution >= 4 is 11.9 Å². The maximum Gasteiger partial charge on any atom is 0.329 e. The third-order valence-electron chi connectivity index (χ3n) is 3.38. The standard InChI is InChI=1S/C14H25NO4/c1-13(2)5-10(6-14(3,4)9-13)15-11(16)7-19-8-12(17)18/h10H,5-9H2,1-4H3,(H,15,16)(H,17,18). The molecular weight excluding hydrogens is 246 g/mol. The van der Waals surface area contributed by atoms with Crippen molar-refractivity contribution in [1.82, 2.24) is 5.32 Å². The van der Waals surface area contributed by atoms with Gasteiger partial charge in [0.1, 0.15) is 13.2 Å². The zero-order valence-electron chi connectivity index (χ0n) is 12.3. The van der Waals surface area contributed by atoms with Crippen molar-refractivity contribution in [2.24, 2.45) is 10.8 Å². The topological polar surface area (TPSA) is 75.6 Å². The van der Waals surface area contributed by atoms with Gasteiger partial charge in [0, 0.05) is 6.04 Å². The van der Waals surface area contributed by atoms with Gasteiger partial charge < -0.3 is 15.2 Å². The van der Waals surface area contributed by atoms with Gasteiger partial charge in [0.15, 0.2) is 0 Å². The summed E-state index contributed by atoms with van der Waals surface area (Å²) in [7, 11) is 0. The molecule has 0 aromatic carbocycles. The van der Waals surface area contributed by atoms with Crippen LogP contribution in [0.4, 0.5) is 0 Å². The highest BCUT2D eigenvalue weighted by molar-refractivity contribution is 5.78. The van der Waals surface area contributed by atoms with E-state index in [2.05, 4.69) is 33.0 Å². The number of aliphatic carboxylic acids is 1. The van der Waals surface area contributed by atoms with Gasteiger partial charge in [-0.05, 0) is 30.1 Å². The van der Waals surface area contributed by atoms with Crippen LogP contribution in [0.5, 0.6) is 0 Å². The number of ether oxygens (including phenoxy) is 1. The summed E-state index contributed by atoms with van der Waals surface area (Å²) in [5, 5.41) is 11.4. The van der Waals surface area contributed by atoms with Crippen molar-refractivity contribution in [1.29, 1.82) is 0 Å². The summed E-state index contributed by atoms with van der Waals surface area (Å²) in [5.41, 5.74) is 0.420. The minimum absolute atomic E-state index is 0.139. The van der Waals surface area contributed by atoms with E-state index in [1.807, 2.05) is 0 Å². The lowest BCUT2D eigenvalue weighted by molar-refractivity contribution is -0.143. The van der Waals surface area contributed by atoms with Crippen LogP contribution in [0, 0.1) is 10.8 Å². The van der Waals surface area contributed by atoms with Crippen LogP contribution in [0.25, 0.3) is 0 Å². The normalized spacial score (nSPS) is 21.9. The Balaban J connectivity index is 2.43. The highest BCUT2D eigenvalue weighted by atomic mass is 16.5. The molecule has 5 nitrogen and oxygen atoms in total. The number of carboxylic acids is 1. The average Bonchev–Trinajstić information content (AvgIpc) is 2.10. The maximum absolute atomic E-state index is 11.7. The second kappa shape index (κ2) is 5.90. The van der Waals surface area contributed by atoms with Crippen LogP contribution in [0.1, 0.15) is 47.0 Å². The molecule has 1 amide bonds. The molecule has 110 valence electrons. The SMILES string of the molecule is CC1(C)CC(NC(=O)COCC(=O)O)CC(C)(C)C1. The van der Waals surface area contributed by atoms with E-state index in [4.69, 9.17) is 9.84 Å². The minimum Gasteiger partial charge on any atom is -0.480 e. The monoisotopic (exact) mass is 271 g/mol. The van der Waals surface area contributed by atoms with Crippen LogP contribution in [0.3, 0.4) is 0 Å². The molecule has 0 heterocycles. The van der Waals surface area contributed by atoms with Gasteiger partial charge in [0.2, 0.25) is 5.91 Å². The van der Waals surface area contributed by atoms with Crippen LogP contribution >= 0.6 is 0 Å². The van der Waals surface area contributed by atoms with E-state index in [9.17, 15) is 9.59 Å². The van der Waals surface area contributed by atoms with Gasteiger partial charge in [0.05, 0.1) is 0 Å². The highest BCUT2D eigenvalue weighted by Crippen LogP contribution is 2.45. The fraction of sp³-hybridized carbons (Fsp3) is 0.857. The summed E-state index contributed by atoms with van der Waals surface area (Å²) < 4.78 is 4.79. The number of amides is 1. The van der Waals surface area contributed by atoms with Crippen molar-refractivity contribution in [2.75, 3.05) is 13.2 Å². The van der Waals surface area contributed by atoms with Gasteiger partial charge in [-0.2, -0.15) is 0 Å². The Bertz CT molecular complexity index is 333. The Morgan fingerprint density at radius 2 is 1.68 bits per heavy atom. The molecule has 0 saturated heterocycles. The van der Waals surface area contributed by atoms with Crippen LogP contribution in [-0.2, 0) is 14.3 Å². The molecule has 0 aliphatic heterocycles. The Morgan fingerprint density at radius 1 is 1.16 bits per heavy atom. The number of rotatable bonds is 5. The Morgan fingerprint density at radius 3 is 2.16 bits per heavy atom. The molecular formula is C14H25NO4. The molecule has 0 aromatic heterocycles. The molecule has 0 radical (unpaired) electrons. The smallest absolute Gasteiger partial charge is 0.329 e. The quantitative estimate of drug-likeness (QED) is 0.799. The fourth-order valence-corrected chi connectivity index (χ4v) is 3.45. The van der Waals surface area contributed by atoms with Gasteiger partial charge >= 0.3 is 5.97 Å². The fourth-order valence-electron chi connectivity index (χ4n) is 3.45. The largest absolute Gasteiger partial charge is 0.480 e. The predicted octanol–water partition coefficient (Wildman–Crippen LogP) is 1.81. The molecule has 0 bridgehead atoms. The molecule has 1 aliphatic carbocycles. The van der Waals surface area contributed by atoms with E-state index in [-0.39, 0.29) is 29.4 Å². The van der Waals surface area contributed by atoms with E-state index >= 15 is 0 Å². The lowest BCUT2D eigenvalue weighted by Crippen LogP contribution is -2.47. The van der Waals surface area contributed by atoms with E-state index in [0.717, 1.165) is 19.3 Å². The molecule has 1 aliphatic rings. The summed E-state index contributed by atoms with van der Waals surface area (Å²) in [5.74, 6) is -1.30. The molecule has 19 heavy (non-hydrogen) atoms. The maximum atomic E-state index is 11.7. The molecule has 1 rings (SSSR count). The van der Waals surface area contributed by atoms with Crippen LogP contribution in [-0.4, -0.2) is 36.2 Å². The zero-order valence-corrected chi connectivity index (χ0v) is 12.3. The molecule has 0 spiro atoms. The number of carboxylic acid groups (broad SMARTS) is 1. The Kier molecular flexibility index (Phi) is 4.96. The number of nitrogens with one attached hydrogen (secondary N) is 1. The third kappa shape index (κ3) is 6.05. The van der Waals surface area contributed by atoms with Gasteiger partial charge in [-0.25, -0.2) is 4.79 Å². The highest BCUT2D eigenvalue weighted by Gasteiger charge is 2.38. The Labute approximate surface area is 114 Å². The summed E-state index contributed by atoms with van der Waals surface area (Å²) in [4.78, 5) is 22.0. The number of carbonyl (C=O) groups excluding carboxylic acids is 1. The Hall–Kier alpha value is -1.10. The summed E-state index contributed by atoms with van der Waals surface area (Å²) in [6.45, 7) is 8.24. The van der Waals surface area contributed by atoms with Crippen LogP contribution in [0.2, 0.25) is 0 Å². The molecule has 1 saturated carbocycles. The molecule has 0 unspecified atom stereocenters. The van der Waals surface area contributed by atoms with Crippen LogP contribution < -0.4 is 5.32 Å². The molecule has 2 N–H and O–H groups in total. The summed E-state index contributed by atoms with van der Waals surface area (Å²) >= 11 is 0. The first-order valence-corrected chi connectivity index (χ1v) is 6.69. The van der Waals surface area contributed by atoms with E-state index in [1.54, 1.807) is 0 Å². The van der Waals surface area contributed by atoms with Crippen molar-refractivity contribution in [3.63, 3.8) is 0 Å². The van der Waals surface area contributed by atoms with E-state index < -0.39 is 12.6 Å². The second-order valence-corrected chi connectivity index (χ2v) is 7.06. The third-order valence-corrected chi connectivity index (χ3v) is 3.38. The van der Waals surface area contributed by atoms with Gasteiger partial charge in [-0.15, -0.1) is 0 Å². The number of carbonyl (C=O) groups is 2. The van der Waals surface area contributed by atoms with Crippen molar-refractivity contribution in [3.05, 3.63) is 0 Å². The lowest BCUT2D eigenvalue weighted by atomic mass is 9.63. The van der Waals surface area contributed by atoms with Gasteiger partial charge in [-0.1, -0.05) is 27.7 Å². The van der Waals surface area contributed by atoms with Crippen molar-refractivity contribution < 1.29 is 19.4 Å². The summed E-state index contributed by atoms with van der Waals surface area (Å²) in [6.07, 6.45) is 3.03. The van der Waals surface area contributed by atoms with Crippen LogP contribution in [0.15, 0.2) is 0 Å². The molecule has 0 atom stereocenters. The van der Waals surface area contributed by atoms with E-state index in [1.165, 1.54) is 0 Å². The number of hydrogen-bond acceptors (Lipinski definition) is 3. The lowest BCUT2D eigenvalue weighted by Gasteiger charge is -2.45. The first-order chi connectivity index (χ1) is 8.60. The average molecular weight is 271 g/mol. The first kappa shape index (κ1) is 16.0. The van der Waals surface area contributed by atoms with Gasteiger partial charge in [-0.3, -0.25) is 4.79 Å². The minimum atomic E-state index is -1.06. The van der Waals surface area contributed by atoms with Crippen molar-refractivity contribution in [2.45, 2.75) is 53.0 Å². The van der Waals surface area contributed by atoms with Gasteiger partial charge in [0.25, 0.3) is 0 Å².